The van der Waals surface area contributed by atoms with E-state index in [1.54, 1.807) is 6.07 Å². The van der Waals surface area contributed by atoms with Gasteiger partial charge in [-0.2, -0.15) is 0 Å². The molecule has 0 aliphatic carbocycles. The van der Waals surface area contributed by atoms with E-state index in [0.29, 0.717) is 18.2 Å². The first-order chi connectivity index (χ1) is 9.47. The summed E-state index contributed by atoms with van der Waals surface area (Å²) in [5, 5.41) is 2.91. The molecule has 0 aromatic carbocycles. The maximum absolute atomic E-state index is 12.1. The second-order valence-electron chi connectivity index (χ2n) is 6.00. The SMILES string of the molecule is Cc1cc(C(=O)NCC(C)C)nc([C@H]2CCCN2C)n1. The molecule has 5 heteroatoms. The number of carbonyl (C=O) groups excluding carboxylic acids is 1. The molecule has 1 atom stereocenters. The molecule has 2 rings (SSSR count). The van der Waals surface area contributed by atoms with Gasteiger partial charge >= 0.3 is 0 Å². The normalized spacial score (nSPS) is 19.6. The lowest BCUT2D eigenvalue weighted by Crippen LogP contribution is -2.29. The molecule has 1 amide bonds. The van der Waals surface area contributed by atoms with Gasteiger partial charge < -0.3 is 5.32 Å². The van der Waals surface area contributed by atoms with E-state index in [2.05, 4.69) is 41.1 Å². The van der Waals surface area contributed by atoms with Crippen LogP contribution in [0.4, 0.5) is 0 Å². The second kappa shape index (κ2) is 6.31. The van der Waals surface area contributed by atoms with Crippen molar-refractivity contribution >= 4 is 5.91 Å². The standard InChI is InChI=1S/C15H24N4O/c1-10(2)9-16-15(20)12-8-11(3)17-14(18-12)13-6-5-7-19(13)4/h8,10,13H,5-7,9H2,1-4H3,(H,16,20)/t13-/m1/s1. The smallest absolute Gasteiger partial charge is 0.270 e. The molecule has 20 heavy (non-hydrogen) atoms. The quantitative estimate of drug-likeness (QED) is 0.913. The van der Waals surface area contributed by atoms with Gasteiger partial charge in [0.15, 0.2) is 0 Å². The van der Waals surface area contributed by atoms with Crippen molar-refractivity contribution in [2.24, 2.45) is 5.92 Å². The molecule has 1 saturated heterocycles. The molecule has 5 nitrogen and oxygen atoms in total. The largest absolute Gasteiger partial charge is 0.350 e. The van der Waals surface area contributed by atoms with Crippen LogP contribution in [0.3, 0.4) is 0 Å². The third-order valence-corrected chi connectivity index (χ3v) is 3.59. The molecule has 1 fully saturated rings. The number of hydrogen-bond acceptors (Lipinski definition) is 4. The molecule has 0 spiro atoms. The lowest BCUT2D eigenvalue weighted by molar-refractivity contribution is 0.0943. The zero-order chi connectivity index (χ0) is 14.7. The minimum Gasteiger partial charge on any atom is -0.350 e. The summed E-state index contributed by atoms with van der Waals surface area (Å²) in [6.07, 6.45) is 2.22. The van der Waals surface area contributed by atoms with Crippen LogP contribution in [0.5, 0.6) is 0 Å². The summed E-state index contributed by atoms with van der Waals surface area (Å²) in [6.45, 7) is 7.80. The molecule has 1 aromatic rings. The van der Waals surface area contributed by atoms with Crippen LogP contribution in [0.15, 0.2) is 6.07 Å². The van der Waals surface area contributed by atoms with E-state index in [4.69, 9.17) is 0 Å². The highest BCUT2D eigenvalue weighted by molar-refractivity contribution is 5.92. The Kier molecular flexibility index (Phi) is 4.70. The number of carbonyl (C=O) groups is 1. The minimum atomic E-state index is -0.105. The number of nitrogens with one attached hydrogen (secondary N) is 1. The Morgan fingerprint density at radius 1 is 1.50 bits per heavy atom. The first-order valence-corrected chi connectivity index (χ1v) is 7.31. The van der Waals surface area contributed by atoms with Gasteiger partial charge in [-0.15, -0.1) is 0 Å². The predicted octanol–water partition coefficient (Wildman–Crippen LogP) is 1.94. The Balaban J connectivity index is 2.18. The number of rotatable bonds is 4. The van der Waals surface area contributed by atoms with Crippen molar-refractivity contribution in [3.05, 3.63) is 23.3 Å². The number of aromatic nitrogens is 2. The van der Waals surface area contributed by atoms with Crippen molar-refractivity contribution in [3.63, 3.8) is 0 Å². The zero-order valence-electron chi connectivity index (χ0n) is 12.8. The first kappa shape index (κ1) is 14.9. The zero-order valence-corrected chi connectivity index (χ0v) is 12.8. The molecule has 0 radical (unpaired) electrons. The molecule has 1 N–H and O–H groups in total. The second-order valence-corrected chi connectivity index (χ2v) is 6.00. The van der Waals surface area contributed by atoms with Gasteiger partial charge in [0.05, 0.1) is 6.04 Å². The van der Waals surface area contributed by atoms with Crippen molar-refractivity contribution in [2.75, 3.05) is 20.1 Å². The minimum absolute atomic E-state index is 0.105. The number of nitrogens with zero attached hydrogens (tertiary/aromatic N) is 3. The summed E-state index contributed by atoms with van der Waals surface area (Å²) in [5.74, 6) is 1.10. The third-order valence-electron chi connectivity index (χ3n) is 3.59. The van der Waals surface area contributed by atoms with Gasteiger partial charge in [0, 0.05) is 12.2 Å². The van der Waals surface area contributed by atoms with Crippen molar-refractivity contribution < 1.29 is 4.79 Å². The monoisotopic (exact) mass is 276 g/mol. The summed E-state index contributed by atoms with van der Waals surface area (Å²) in [6, 6.07) is 2.00. The van der Waals surface area contributed by atoms with Crippen molar-refractivity contribution in [1.29, 1.82) is 0 Å². The highest BCUT2D eigenvalue weighted by atomic mass is 16.1. The fourth-order valence-electron chi connectivity index (χ4n) is 2.48. The van der Waals surface area contributed by atoms with E-state index in [0.717, 1.165) is 30.9 Å². The number of likely N-dealkylation sites (tertiary alicyclic amines) is 1. The van der Waals surface area contributed by atoms with Crippen LogP contribution in [-0.2, 0) is 0 Å². The van der Waals surface area contributed by atoms with Crippen LogP contribution >= 0.6 is 0 Å². The highest BCUT2D eigenvalue weighted by Crippen LogP contribution is 2.28. The van der Waals surface area contributed by atoms with Crippen LogP contribution in [0.1, 0.15) is 54.7 Å². The summed E-state index contributed by atoms with van der Waals surface area (Å²) in [5.41, 5.74) is 1.33. The molecule has 110 valence electrons. The fourth-order valence-corrected chi connectivity index (χ4v) is 2.48. The van der Waals surface area contributed by atoms with Crippen LogP contribution < -0.4 is 5.32 Å². The Morgan fingerprint density at radius 2 is 2.25 bits per heavy atom. The third kappa shape index (κ3) is 3.54. The number of amides is 1. The average Bonchev–Trinajstić information content (AvgIpc) is 2.81. The molecule has 0 bridgehead atoms. The van der Waals surface area contributed by atoms with Gasteiger partial charge in [0.2, 0.25) is 0 Å². The van der Waals surface area contributed by atoms with Crippen LogP contribution in [0, 0.1) is 12.8 Å². The summed E-state index contributed by atoms with van der Waals surface area (Å²) >= 11 is 0. The van der Waals surface area contributed by atoms with E-state index < -0.39 is 0 Å². The summed E-state index contributed by atoms with van der Waals surface area (Å²) in [4.78, 5) is 23.4. The van der Waals surface area contributed by atoms with Crippen LogP contribution in [-0.4, -0.2) is 40.9 Å². The van der Waals surface area contributed by atoms with Crippen molar-refractivity contribution in [1.82, 2.24) is 20.2 Å². The van der Waals surface area contributed by atoms with E-state index in [9.17, 15) is 4.79 Å². The maximum Gasteiger partial charge on any atom is 0.270 e. The topological polar surface area (TPSA) is 58.1 Å². The molecule has 0 unspecified atom stereocenters. The molecule has 1 aromatic heterocycles. The molecular weight excluding hydrogens is 252 g/mol. The maximum atomic E-state index is 12.1. The Labute approximate surface area is 120 Å². The molecule has 2 heterocycles. The van der Waals surface area contributed by atoms with E-state index >= 15 is 0 Å². The predicted molar refractivity (Wildman–Crippen MR) is 78.5 cm³/mol. The van der Waals surface area contributed by atoms with Gasteiger partial charge in [0.25, 0.3) is 5.91 Å². The molecule has 1 aliphatic rings. The van der Waals surface area contributed by atoms with Gasteiger partial charge in [-0.3, -0.25) is 9.69 Å². The lowest BCUT2D eigenvalue weighted by Gasteiger charge is -2.18. The lowest BCUT2D eigenvalue weighted by atomic mass is 10.2. The number of aryl methyl sites for hydroxylation is 1. The van der Waals surface area contributed by atoms with Gasteiger partial charge in [-0.05, 0) is 45.3 Å². The molecule has 0 saturated carbocycles. The molecule has 1 aliphatic heterocycles. The van der Waals surface area contributed by atoms with E-state index in [1.165, 1.54) is 0 Å². The first-order valence-electron chi connectivity index (χ1n) is 7.31. The van der Waals surface area contributed by atoms with Crippen LogP contribution in [0.25, 0.3) is 0 Å². The summed E-state index contributed by atoms with van der Waals surface area (Å²) < 4.78 is 0. The highest BCUT2D eigenvalue weighted by Gasteiger charge is 2.26. The Morgan fingerprint density at radius 3 is 2.85 bits per heavy atom. The Bertz CT molecular complexity index is 487. The van der Waals surface area contributed by atoms with Gasteiger partial charge in [0.1, 0.15) is 11.5 Å². The molecular formula is C15H24N4O. The van der Waals surface area contributed by atoms with Crippen molar-refractivity contribution in [2.45, 2.75) is 39.7 Å². The van der Waals surface area contributed by atoms with Gasteiger partial charge in [-0.1, -0.05) is 13.8 Å². The fraction of sp³-hybridized carbons (Fsp3) is 0.667. The van der Waals surface area contributed by atoms with Gasteiger partial charge in [-0.25, -0.2) is 9.97 Å². The summed E-state index contributed by atoms with van der Waals surface area (Å²) in [7, 11) is 2.09. The van der Waals surface area contributed by atoms with E-state index in [-0.39, 0.29) is 11.9 Å². The Hall–Kier alpha value is -1.49. The van der Waals surface area contributed by atoms with E-state index in [1.807, 2.05) is 6.92 Å². The number of hydrogen-bond donors (Lipinski definition) is 1. The average molecular weight is 276 g/mol. The van der Waals surface area contributed by atoms with Crippen LogP contribution in [0.2, 0.25) is 0 Å². The van der Waals surface area contributed by atoms with Crippen molar-refractivity contribution in [3.8, 4) is 0 Å².